The fraction of sp³-hybridized carbons (Fsp3) is 0.263. The van der Waals surface area contributed by atoms with Crippen LogP contribution in [0.15, 0.2) is 48.5 Å². The highest BCUT2D eigenvalue weighted by Gasteiger charge is 2.30. The quantitative estimate of drug-likeness (QED) is 0.838. The van der Waals surface area contributed by atoms with Gasteiger partial charge in [-0.3, -0.25) is 9.59 Å². The molecule has 27 heavy (non-hydrogen) atoms. The molecule has 0 unspecified atom stereocenters. The highest BCUT2D eigenvalue weighted by Crippen LogP contribution is 2.31. The Hall–Kier alpha value is -3.03. The third-order valence-electron chi connectivity index (χ3n) is 3.81. The molecule has 2 aromatic rings. The number of carbonyl (C=O) groups is 2. The Kier molecular flexibility index (Phi) is 6.44. The summed E-state index contributed by atoms with van der Waals surface area (Å²) in [4.78, 5) is 25.0. The van der Waals surface area contributed by atoms with E-state index < -0.39 is 11.7 Å². The van der Waals surface area contributed by atoms with Gasteiger partial charge in [0.25, 0.3) is 11.8 Å². The molecule has 0 heterocycles. The van der Waals surface area contributed by atoms with E-state index in [1.165, 1.54) is 24.1 Å². The summed E-state index contributed by atoms with van der Waals surface area (Å²) in [5.74, 6) is -0.621. The smallest absolute Gasteiger partial charge is 0.416 e. The Morgan fingerprint density at radius 2 is 1.78 bits per heavy atom. The minimum absolute atomic E-state index is 0.0264. The van der Waals surface area contributed by atoms with Crippen molar-refractivity contribution in [3.8, 4) is 5.75 Å². The van der Waals surface area contributed by atoms with Crippen molar-refractivity contribution in [1.82, 2.24) is 10.2 Å². The molecule has 2 aromatic carbocycles. The number of nitrogens with one attached hydrogen (secondary N) is 1. The summed E-state index contributed by atoms with van der Waals surface area (Å²) >= 11 is 0. The van der Waals surface area contributed by atoms with E-state index in [0.717, 1.165) is 17.7 Å². The SMILES string of the molecule is CNC(=O)c1ccc(CN(C)C(=O)COc2cccc(C(F)(F)F)c2)cc1. The summed E-state index contributed by atoms with van der Waals surface area (Å²) in [5.41, 5.74) is 0.470. The number of benzene rings is 2. The normalized spacial score (nSPS) is 11.0. The lowest BCUT2D eigenvalue weighted by atomic mass is 10.1. The number of likely N-dealkylation sites (N-methyl/N-ethyl adjacent to an activating group) is 1. The van der Waals surface area contributed by atoms with Crippen LogP contribution in [-0.2, 0) is 17.5 Å². The van der Waals surface area contributed by atoms with Crippen molar-refractivity contribution in [3.63, 3.8) is 0 Å². The molecule has 2 amide bonds. The van der Waals surface area contributed by atoms with Gasteiger partial charge in [0.15, 0.2) is 6.61 Å². The Balaban J connectivity index is 1.91. The van der Waals surface area contributed by atoms with Crippen LogP contribution in [0.2, 0.25) is 0 Å². The van der Waals surface area contributed by atoms with Gasteiger partial charge in [0.05, 0.1) is 5.56 Å². The molecule has 0 aromatic heterocycles. The van der Waals surface area contributed by atoms with Crippen molar-refractivity contribution in [2.45, 2.75) is 12.7 Å². The van der Waals surface area contributed by atoms with Gasteiger partial charge < -0.3 is 15.0 Å². The molecule has 144 valence electrons. The van der Waals surface area contributed by atoms with E-state index in [4.69, 9.17) is 4.74 Å². The summed E-state index contributed by atoms with van der Waals surface area (Å²) < 4.78 is 43.2. The highest BCUT2D eigenvalue weighted by molar-refractivity contribution is 5.93. The lowest BCUT2D eigenvalue weighted by Gasteiger charge is -2.18. The van der Waals surface area contributed by atoms with Crippen LogP contribution in [0.5, 0.6) is 5.75 Å². The number of hydrogen-bond donors (Lipinski definition) is 1. The van der Waals surface area contributed by atoms with Gasteiger partial charge in [0.1, 0.15) is 5.75 Å². The lowest BCUT2D eigenvalue weighted by molar-refractivity contribution is -0.137. The fourth-order valence-electron chi connectivity index (χ4n) is 2.29. The summed E-state index contributed by atoms with van der Waals surface area (Å²) in [6.45, 7) is -0.104. The van der Waals surface area contributed by atoms with Crippen LogP contribution in [0, 0.1) is 0 Å². The molecule has 0 saturated carbocycles. The van der Waals surface area contributed by atoms with Gasteiger partial charge in [-0.15, -0.1) is 0 Å². The monoisotopic (exact) mass is 380 g/mol. The molecule has 0 fully saturated rings. The fourth-order valence-corrected chi connectivity index (χ4v) is 2.29. The van der Waals surface area contributed by atoms with Gasteiger partial charge >= 0.3 is 6.18 Å². The molecule has 0 aliphatic carbocycles. The van der Waals surface area contributed by atoms with Gasteiger partial charge in [-0.25, -0.2) is 0 Å². The number of ether oxygens (including phenoxy) is 1. The van der Waals surface area contributed by atoms with E-state index in [9.17, 15) is 22.8 Å². The molecule has 0 saturated heterocycles. The minimum atomic E-state index is -4.47. The van der Waals surface area contributed by atoms with Crippen molar-refractivity contribution in [3.05, 3.63) is 65.2 Å². The second-order valence-electron chi connectivity index (χ2n) is 5.84. The van der Waals surface area contributed by atoms with E-state index in [1.807, 2.05) is 0 Å². The molecular weight excluding hydrogens is 361 g/mol. The molecule has 0 bridgehead atoms. The van der Waals surface area contributed by atoms with Crippen LogP contribution in [0.4, 0.5) is 13.2 Å². The number of hydrogen-bond acceptors (Lipinski definition) is 3. The predicted octanol–water partition coefficient (Wildman–Crippen LogP) is 3.10. The first-order valence-corrected chi connectivity index (χ1v) is 8.05. The van der Waals surface area contributed by atoms with Crippen LogP contribution in [-0.4, -0.2) is 37.4 Å². The maximum Gasteiger partial charge on any atom is 0.416 e. The first-order chi connectivity index (χ1) is 12.7. The van der Waals surface area contributed by atoms with Gasteiger partial charge in [0.2, 0.25) is 0 Å². The van der Waals surface area contributed by atoms with Crippen LogP contribution in [0.25, 0.3) is 0 Å². The van der Waals surface area contributed by atoms with Gasteiger partial charge in [-0.05, 0) is 35.9 Å². The zero-order valence-corrected chi connectivity index (χ0v) is 14.8. The van der Waals surface area contributed by atoms with Crippen molar-refractivity contribution in [2.24, 2.45) is 0 Å². The van der Waals surface area contributed by atoms with E-state index >= 15 is 0 Å². The van der Waals surface area contributed by atoms with Crippen LogP contribution >= 0.6 is 0 Å². The first kappa shape index (κ1) is 20.3. The third kappa shape index (κ3) is 5.73. The van der Waals surface area contributed by atoms with Gasteiger partial charge in [-0.1, -0.05) is 18.2 Å². The molecular formula is C19H19F3N2O3. The molecule has 1 N–H and O–H groups in total. The number of carbonyl (C=O) groups excluding carboxylic acids is 2. The zero-order chi connectivity index (χ0) is 20.0. The first-order valence-electron chi connectivity index (χ1n) is 8.05. The standard InChI is InChI=1S/C19H19F3N2O3/c1-23-18(26)14-8-6-13(7-9-14)11-24(2)17(25)12-27-16-5-3-4-15(10-16)19(20,21)22/h3-10H,11-12H2,1-2H3,(H,23,26). The Labute approximate surface area is 154 Å². The predicted molar refractivity (Wildman–Crippen MR) is 93.2 cm³/mol. The molecule has 2 rings (SSSR count). The topological polar surface area (TPSA) is 58.6 Å². The van der Waals surface area contributed by atoms with Crippen molar-refractivity contribution < 1.29 is 27.5 Å². The molecule has 8 heteroatoms. The average Bonchev–Trinajstić information content (AvgIpc) is 2.65. The molecule has 5 nitrogen and oxygen atoms in total. The van der Waals surface area contributed by atoms with E-state index in [2.05, 4.69) is 5.32 Å². The number of alkyl halides is 3. The van der Waals surface area contributed by atoms with Crippen LogP contribution < -0.4 is 10.1 Å². The Morgan fingerprint density at radius 1 is 1.11 bits per heavy atom. The van der Waals surface area contributed by atoms with Gasteiger partial charge in [-0.2, -0.15) is 13.2 Å². The van der Waals surface area contributed by atoms with Gasteiger partial charge in [0, 0.05) is 26.2 Å². The van der Waals surface area contributed by atoms with E-state index in [0.29, 0.717) is 5.56 Å². The van der Waals surface area contributed by atoms with E-state index in [-0.39, 0.29) is 30.7 Å². The molecule has 0 aliphatic heterocycles. The number of amides is 2. The van der Waals surface area contributed by atoms with E-state index in [1.54, 1.807) is 31.3 Å². The Bertz CT molecular complexity index is 805. The molecule has 0 atom stereocenters. The summed E-state index contributed by atoms with van der Waals surface area (Å²) in [6.07, 6.45) is -4.47. The molecule has 0 spiro atoms. The second kappa shape index (κ2) is 8.57. The summed E-state index contributed by atoms with van der Waals surface area (Å²) in [6, 6.07) is 11.1. The summed E-state index contributed by atoms with van der Waals surface area (Å²) in [5, 5.41) is 2.51. The highest BCUT2D eigenvalue weighted by atomic mass is 19.4. The van der Waals surface area contributed by atoms with Crippen LogP contribution in [0.1, 0.15) is 21.5 Å². The lowest BCUT2D eigenvalue weighted by Crippen LogP contribution is -2.31. The maximum absolute atomic E-state index is 12.7. The third-order valence-corrected chi connectivity index (χ3v) is 3.81. The number of rotatable bonds is 6. The van der Waals surface area contributed by atoms with Crippen molar-refractivity contribution in [2.75, 3.05) is 20.7 Å². The summed E-state index contributed by atoms with van der Waals surface area (Å²) in [7, 11) is 3.09. The molecule has 0 aliphatic rings. The number of nitrogens with zero attached hydrogens (tertiary/aromatic N) is 1. The minimum Gasteiger partial charge on any atom is -0.484 e. The number of halogens is 3. The van der Waals surface area contributed by atoms with Crippen molar-refractivity contribution >= 4 is 11.8 Å². The van der Waals surface area contributed by atoms with Crippen molar-refractivity contribution in [1.29, 1.82) is 0 Å². The zero-order valence-electron chi connectivity index (χ0n) is 14.8. The Morgan fingerprint density at radius 3 is 2.37 bits per heavy atom. The van der Waals surface area contributed by atoms with Crippen LogP contribution in [0.3, 0.4) is 0 Å². The average molecular weight is 380 g/mol. The molecule has 0 radical (unpaired) electrons. The maximum atomic E-state index is 12.7. The largest absolute Gasteiger partial charge is 0.484 e. The second-order valence-corrected chi connectivity index (χ2v) is 5.84.